The largest absolute Gasteiger partial charge is 0.295 e. The van der Waals surface area contributed by atoms with Crippen molar-refractivity contribution in [1.82, 2.24) is 0 Å². The lowest BCUT2D eigenvalue weighted by molar-refractivity contribution is -0.114. The third-order valence-corrected chi connectivity index (χ3v) is 2.96. The Morgan fingerprint density at radius 1 is 0.941 bits per heavy atom. The Balaban J connectivity index is 3.74. The fraction of sp³-hybridized carbons (Fsp3) is 0.812. The number of ketones is 1. The zero-order valence-corrected chi connectivity index (χ0v) is 12.4. The summed E-state index contributed by atoms with van der Waals surface area (Å²) in [6.45, 7) is 11.0. The van der Waals surface area contributed by atoms with Gasteiger partial charge in [-0.15, -0.1) is 0 Å². The molecule has 0 amide bonds. The van der Waals surface area contributed by atoms with E-state index in [1.54, 1.807) is 0 Å². The van der Waals surface area contributed by atoms with Gasteiger partial charge >= 0.3 is 0 Å². The molecule has 0 aliphatic carbocycles. The number of hydrogen-bond acceptors (Lipinski definition) is 1. The summed E-state index contributed by atoms with van der Waals surface area (Å²) in [5, 5.41) is 0. The van der Waals surface area contributed by atoms with Gasteiger partial charge in [-0.25, -0.2) is 0 Å². The molecule has 0 spiro atoms. The minimum atomic E-state index is 0.313. The third kappa shape index (κ3) is 11.7. The van der Waals surface area contributed by atoms with Gasteiger partial charge in [0.15, 0.2) is 5.78 Å². The van der Waals surface area contributed by atoms with Crippen molar-refractivity contribution in [1.29, 1.82) is 0 Å². The minimum absolute atomic E-state index is 0.313. The molecule has 0 aromatic rings. The second kappa shape index (κ2) is 9.44. The van der Waals surface area contributed by atoms with Gasteiger partial charge in [-0.2, -0.15) is 0 Å². The molecule has 0 heterocycles. The van der Waals surface area contributed by atoms with E-state index < -0.39 is 0 Å². The Labute approximate surface area is 108 Å². The number of carbonyl (C=O) groups excluding carboxylic acids is 1. The van der Waals surface area contributed by atoms with Crippen molar-refractivity contribution in [2.45, 2.75) is 73.1 Å². The van der Waals surface area contributed by atoms with Crippen LogP contribution in [-0.4, -0.2) is 5.78 Å². The molecule has 0 saturated carbocycles. The number of carbonyl (C=O) groups is 1. The molecule has 0 unspecified atom stereocenters. The fourth-order valence-corrected chi connectivity index (χ4v) is 1.89. The topological polar surface area (TPSA) is 17.1 Å². The van der Waals surface area contributed by atoms with E-state index >= 15 is 0 Å². The van der Waals surface area contributed by atoms with E-state index in [4.69, 9.17) is 0 Å². The summed E-state index contributed by atoms with van der Waals surface area (Å²) in [5.41, 5.74) is 1.25. The molecule has 0 saturated heterocycles. The molecule has 0 aliphatic rings. The summed E-state index contributed by atoms with van der Waals surface area (Å²) in [6.07, 6.45) is 8.32. The predicted molar refractivity (Wildman–Crippen MR) is 76.1 cm³/mol. The average Bonchev–Trinajstić information content (AvgIpc) is 2.15. The van der Waals surface area contributed by atoms with Crippen LogP contribution in [0.4, 0.5) is 0 Å². The maximum Gasteiger partial charge on any atom is 0.155 e. The molecule has 17 heavy (non-hydrogen) atoms. The standard InChI is InChI=1S/C16H30O/c1-13(2)8-6-10-15(5)12-16(17)11-7-9-14(3)4/h12-14H,6-11H2,1-5H3. The number of allylic oxidation sites excluding steroid dienone is 2. The van der Waals surface area contributed by atoms with Gasteiger partial charge < -0.3 is 0 Å². The molecule has 0 bridgehead atoms. The maximum absolute atomic E-state index is 11.7. The average molecular weight is 238 g/mol. The van der Waals surface area contributed by atoms with Crippen molar-refractivity contribution in [2.75, 3.05) is 0 Å². The predicted octanol–water partition coefficient (Wildman–Crippen LogP) is 5.15. The molecule has 0 atom stereocenters. The molecular weight excluding hydrogens is 208 g/mol. The van der Waals surface area contributed by atoms with Crippen LogP contribution in [0.5, 0.6) is 0 Å². The van der Waals surface area contributed by atoms with Gasteiger partial charge in [0.25, 0.3) is 0 Å². The van der Waals surface area contributed by atoms with Crippen LogP contribution in [0.2, 0.25) is 0 Å². The molecule has 0 aliphatic heterocycles. The normalized spacial score (nSPS) is 12.5. The number of hydrogen-bond donors (Lipinski definition) is 0. The highest BCUT2D eigenvalue weighted by Crippen LogP contribution is 2.13. The van der Waals surface area contributed by atoms with Crippen LogP contribution < -0.4 is 0 Å². The lowest BCUT2D eigenvalue weighted by Gasteiger charge is -2.05. The van der Waals surface area contributed by atoms with Crippen LogP contribution in [0.3, 0.4) is 0 Å². The lowest BCUT2D eigenvalue weighted by Crippen LogP contribution is -1.97. The van der Waals surface area contributed by atoms with Gasteiger partial charge in [0, 0.05) is 6.42 Å². The summed E-state index contributed by atoms with van der Waals surface area (Å²) in [4.78, 5) is 11.7. The minimum Gasteiger partial charge on any atom is -0.295 e. The van der Waals surface area contributed by atoms with E-state index in [1.165, 1.54) is 18.4 Å². The van der Waals surface area contributed by atoms with E-state index in [2.05, 4.69) is 34.6 Å². The van der Waals surface area contributed by atoms with Crippen LogP contribution in [0, 0.1) is 11.8 Å². The summed E-state index contributed by atoms with van der Waals surface area (Å²) >= 11 is 0. The Kier molecular flexibility index (Phi) is 9.11. The monoisotopic (exact) mass is 238 g/mol. The summed E-state index contributed by atoms with van der Waals surface area (Å²) in [5.74, 6) is 1.79. The van der Waals surface area contributed by atoms with Crippen molar-refractivity contribution in [2.24, 2.45) is 11.8 Å². The van der Waals surface area contributed by atoms with Crippen molar-refractivity contribution in [3.05, 3.63) is 11.6 Å². The van der Waals surface area contributed by atoms with Gasteiger partial charge in [-0.05, 0) is 44.1 Å². The van der Waals surface area contributed by atoms with Crippen LogP contribution in [0.1, 0.15) is 73.1 Å². The van der Waals surface area contributed by atoms with Crippen LogP contribution in [0.25, 0.3) is 0 Å². The zero-order valence-electron chi connectivity index (χ0n) is 12.4. The van der Waals surface area contributed by atoms with Gasteiger partial charge in [-0.1, -0.05) is 46.1 Å². The smallest absolute Gasteiger partial charge is 0.155 e. The second-order valence-corrected chi connectivity index (χ2v) is 6.03. The highest BCUT2D eigenvalue weighted by Gasteiger charge is 2.01. The Morgan fingerprint density at radius 3 is 1.88 bits per heavy atom. The van der Waals surface area contributed by atoms with Crippen molar-refractivity contribution < 1.29 is 4.79 Å². The first-order chi connectivity index (χ1) is 7.91. The Morgan fingerprint density at radius 2 is 1.41 bits per heavy atom. The highest BCUT2D eigenvalue weighted by molar-refractivity contribution is 5.90. The van der Waals surface area contributed by atoms with E-state index in [0.717, 1.165) is 31.6 Å². The van der Waals surface area contributed by atoms with Gasteiger partial charge in [-0.3, -0.25) is 4.79 Å². The quantitative estimate of drug-likeness (QED) is 0.507. The van der Waals surface area contributed by atoms with Crippen LogP contribution in [0.15, 0.2) is 11.6 Å². The van der Waals surface area contributed by atoms with Gasteiger partial charge in [0.05, 0.1) is 0 Å². The first kappa shape index (κ1) is 16.4. The van der Waals surface area contributed by atoms with E-state index in [9.17, 15) is 4.79 Å². The first-order valence-corrected chi connectivity index (χ1v) is 7.11. The number of rotatable bonds is 9. The Bertz CT molecular complexity index is 236. The molecule has 0 aromatic heterocycles. The zero-order chi connectivity index (χ0) is 13.3. The molecule has 0 N–H and O–H groups in total. The van der Waals surface area contributed by atoms with Crippen LogP contribution in [-0.2, 0) is 4.79 Å². The molecule has 0 aromatic carbocycles. The lowest BCUT2D eigenvalue weighted by atomic mass is 10.0. The van der Waals surface area contributed by atoms with Crippen molar-refractivity contribution in [3.8, 4) is 0 Å². The van der Waals surface area contributed by atoms with E-state index in [1.807, 2.05) is 6.08 Å². The summed E-state index contributed by atoms with van der Waals surface area (Å²) in [7, 11) is 0. The van der Waals surface area contributed by atoms with Gasteiger partial charge in [0.1, 0.15) is 0 Å². The molecule has 1 heteroatoms. The van der Waals surface area contributed by atoms with E-state index in [-0.39, 0.29) is 0 Å². The molecule has 0 fully saturated rings. The molecule has 1 nitrogen and oxygen atoms in total. The molecule has 0 rings (SSSR count). The highest BCUT2D eigenvalue weighted by atomic mass is 16.1. The van der Waals surface area contributed by atoms with E-state index in [0.29, 0.717) is 11.7 Å². The van der Waals surface area contributed by atoms with Crippen LogP contribution >= 0.6 is 0 Å². The summed E-state index contributed by atoms with van der Waals surface area (Å²) < 4.78 is 0. The SMILES string of the molecule is CC(=CC(=O)CCCC(C)C)CCCC(C)C. The first-order valence-electron chi connectivity index (χ1n) is 7.11. The van der Waals surface area contributed by atoms with Crippen molar-refractivity contribution in [3.63, 3.8) is 0 Å². The molecule has 100 valence electrons. The van der Waals surface area contributed by atoms with Crippen molar-refractivity contribution >= 4 is 5.78 Å². The maximum atomic E-state index is 11.7. The third-order valence-electron chi connectivity index (χ3n) is 2.96. The second-order valence-electron chi connectivity index (χ2n) is 6.03. The molecular formula is C16H30O. The molecule has 0 radical (unpaired) electrons. The fourth-order valence-electron chi connectivity index (χ4n) is 1.89. The summed E-state index contributed by atoms with van der Waals surface area (Å²) in [6, 6.07) is 0. The Hall–Kier alpha value is -0.590. The van der Waals surface area contributed by atoms with Gasteiger partial charge in [0.2, 0.25) is 0 Å².